The number of hydrogen-bond acceptors (Lipinski definition) is 3. The summed E-state index contributed by atoms with van der Waals surface area (Å²) in [6.07, 6.45) is 8.11. The quantitative estimate of drug-likeness (QED) is 0.915. The van der Waals surface area contributed by atoms with Gasteiger partial charge in [0.15, 0.2) is 0 Å². The number of para-hydroxylation sites is 1. The molecule has 1 aliphatic heterocycles. The Morgan fingerprint density at radius 2 is 2.19 bits per heavy atom. The Labute approximate surface area is 125 Å². The van der Waals surface area contributed by atoms with E-state index in [1.54, 1.807) is 0 Å². The number of nitrogens with one attached hydrogen (secondary N) is 1. The number of rotatable bonds is 5. The molecule has 1 atom stereocenters. The molecule has 0 bridgehead atoms. The van der Waals surface area contributed by atoms with Crippen LogP contribution in [0.1, 0.15) is 31.4 Å². The number of hydrogen-bond donors (Lipinski definition) is 1. The van der Waals surface area contributed by atoms with Crippen LogP contribution in [0.15, 0.2) is 54.6 Å². The predicted octanol–water partition coefficient (Wildman–Crippen LogP) is 3.22. The van der Waals surface area contributed by atoms with E-state index in [1.807, 2.05) is 35.3 Å². The van der Waals surface area contributed by atoms with Gasteiger partial charge in [-0.1, -0.05) is 25.1 Å². The van der Waals surface area contributed by atoms with Gasteiger partial charge in [0, 0.05) is 11.8 Å². The van der Waals surface area contributed by atoms with Crippen molar-refractivity contribution < 1.29 is 4.74 Å². The van der Waals surface area contributed by atoms with Crippen molar-refractivity contribution in [2.45, 2.75) is 25.8 Å². The Morgan fingerprint density at radius 1 is 1.33 bits per heavy atom. The first-order valence-corrected chi connectivity index (χ1v) is 7.52. The normalized spacial score (nSPS) is 16.1. The van der Waals surface area contributed by atoms with Crippen LogP contribution in [0, 0.1) is 0 Å². The Bertz CT molecular complexity index is 604. The molecule has 4 nitrogen and oxygen atoms in total. The third kappa shape index (κ3) is 3.16. The van der Waals surface area contributed by atoms with Crippen LogP contribution in [-0.4, -0.2) is 22.9 Å². The molecule has 21 heavy (non-hydrogen) atoms. The molecule has 0 saturated carbocycles. The molecule has 2 aromatic rings. The fourth-order valence-electron chi connectivity index (χ4n) is 2.67. The zero-order chi connectivity index (χ0) is 14.5. The Balaban J connectivity index is 1.87. The molecule has 1 aromatic carbocycles. The monoisotopic (exact) mass is 283 g/mol. The molecule has 4 heteroatoms. The van der Waals surface area contributed by atoms with Crippen LogP contribution >= 0.6 is 0 Å². The van der Waals surface area contributed by atoms with Gasteiger partial charge in [-0.3, -0.25) is 0 Å². The van der Waals surface area contributed by atoms with Gasteiger partial charge in [0.1, 0.15) is 0 Å². The van der Waals surface area contributed by atoms with Crippen LogP contribution in [0.25, 0.3) is 5.69 Å². The van der Waals surface area contributed by atoms with E-state index in [4.69, 9.17) is 4.74 Å². The Morgan fingerprint density at radius 3 is 2.90 bits per heavy atom. The van der Waals surface area contributed by atoms with Crippen molar-refractivity contribution in [3.05, 3.63) is 60.1 Å². The SMILES string of the molecule is CCNC(C1=COCCC1)c1cnn(-c2ccccc2)c1. The van der Waals surface area contributed by atoms with Gasteiger partial charge < -0.3 is 10.1 Å². The lowest BCUT2D eigenvalue weighted by molar-refractivity contribution is 0.219. The maximum Gasteiger partial charge on any atom is 0.0876 e. The summed E-state index contributed by atoms with van der Waals surface area (Å²) >= 11 is 0. The maximum atomic E-state index is 5.49. The minimum absolute atomic E-state index is 0.188. The summed E-state index contributed by atoms with van der Waals surface area (Å²) in [6.45, 7) is 3.86. The predicted molar refractivity (Wildman–Crippen MR) is 83.3 cm³/mol. The largest absolute Gasteiger partial charge is 0.501 e. The van der Waals surface area contributed by atoms with Crippen LogP contribution < -0.4 is 5.32 Å². The van der Waals surface area contributed by atoms with Crippen molar-refractivity contribution in [1.82, 2.24) is 15.1 Å². The first kappa shape index (κ1) is 13.9. The van der Waals surface area contributed by atoms with E-state index in [2.05, 4.69) is 35.7 Å². The average Bonchev–Trinajstić information content (AvgIpc) is 3.04. The van der Waals surface area contributed by atoms with E-state index in [0.717, 1.165) is 31.7 Å². The van der Waals surface area contributed by atoms with Gasteiger partial charge in [0.05, 0.1) is 30.8 Å². The molecule has 0 radical (unpaired) electrons. The second-order valence-electron chi connectivity index (χ2n) is 5.21. The fourth-order valence-corrected chi connectivity index (χ4v) is 2.67. The van der Waals surface area contributed by atoms with Crippen molar-refractivity contribution in [3.8, 4) is 5.69 Å². The summed E-state index contributed by atoms with van der Waals surface area (Å²) in [4.78, 5) is 0. The summed E-state index contributed by atoms with van der Waals surface area (Å²) in [7, 11) is 0. The highest BCUT2D eigenvalue weighted by molar-refractivity contribution is 5.33. The number of likely N-dealkylation sites (N-methyl/N-ethyl adjacent to an activating group) is 1. The topological polar surface area (TPSA) is 39.1 Å². The average molecular weight is 283 g/mol. The summed E-state index contributed by atoms with van der Waals surface area (Å²) < 4.78 is 7.41. The summed E-state index contributed by atoms with van der Waals surface area (Å²) in [5.41, 5.74) is 3.56. The van der Waals surface area contributed by atoms with Gasteiger partial charge in [-0.2, -0.15) is 5.10 Å². The summed E-state index contributed by atoms with van der Waals surface area (Å²) in [6, 6.07) is 10.4. The molecule has 0 spiro atoms. The molecule has 2 heterocycles. The van der Waals surface area contributed by atoms with Crippen molar-refractivity contribution in [2.24, 2.45) is 0 Å². The van der Waals surface area contributed by atoms with E-state index in [9.17, 15) is 0 Å². The highest BCUT2D eigenvalue weighted by Gasteiger charge is 2.19. The zero-order valence-corrected chi connectivity index (χ0v) is 12.3. The molecule has 3 rings (SSSR count). The first-order valence-electron chi connectivity index (χ1n) is 7.52. The minimum atomic E-state index is 0.188. The van der Waals surface area contributed by atoms with E-state index < -0.39 is 0 Å². The molecule has 0 amide bonds. The number of aromatic nitrogens is 2. The Kier molecular flexibility index (Phi) is 4.36. The summed E-state index contributed by atoms with van der Waals surface area (Å²) in [5.74, 6) is 0. The van der Waals surface area contributed by atoms with Crippen LogP contribution in [0.2, 0.25) is 0 Å². The lowest BCUT2D eigenvalue weighted by Gasteiger charge is -2.23. The van der Waals surface area contributed by atoms with Crippen LogP contribution in [0.3, 0.4) is 0 Å². The molecular weight excluding hydrogens is 262 g/mol. The molecule has 110 valence electrons. The lowest BCUT2D eigenvalue weighted by Crippen LogP contribution is -2.24. The number of benzene rings is 1. The number of ether oxygens (including phenoxy) is 1. The van der Waals surface area contributed by atoms with Crippen LogP contribution in [0.4, 0.5) is 0 Å². The number of nitrogens with zero attached hydrogens (tertiary/aromatic N) is 2. The van der Waals surface area contributed by atoms with Crippen molar-refractivity contribution >= 4 is 0 Å². The van der Waals surface area contributed by atoms with E-state index >= 15 is 0 Å². The molecule has 0 saturated heterocycles. The highest BCUT2D eigenvalue weighted by Crippen LogP contribution is 2.27. The molecule has 1 aliphatic rings. The van der Waals surface area contributed by atoms with E-state index in [-0.39, 0.29) is 6.04 Å². The lowest BCUT2D eigenvalue weighted by atomic mass is 9.97. The van der Waals surface area contributed by atoms with Crippen molar-refractivity contribution in [3.63, 3.8) is 0 Å². The van der Waals surface area contributed by atoms with E-state index in [0.29, 0.717) is 0 Å². The van der Waals surface area contributed by atoms with Crippen LogP contribution in [-0.2, 0) is 4.74 Å². The van der Waals surface area contributed by atoms with Gasteiger partial charge in [-0.15, -0.1) is 0 Å². The van der Waals surface area contributed by atoms with Gasteiger partial charge in [-0.25, -0.2) is 4.68 Å². The second-order valence-corrected chi connectivity index (χ2v) is 5.21. The third-order valence-corrected chi connectivity index (χ3v) is 3.70. The zero-order valence-electron chi connectivity index (χ0n) is 12.3. The molecule has 1 unspecified atom stereocenters. The van der Waals surface area contributed by atoms with Gasteiger partial charge in [0.25, 0.3) is 0 Å². The van der Waals surface area contributed by atoms with Crippen LogP contribution in [0.5, 0.6) is 0 Å². The highest BCUT2D eigenvalue weighted by atomic mass is 16.5. The van der Waals surface area contributed by atoms with Gasteiger partial charge in [-0.05, 0) is 37.1 Å². The molecule has 0 fully saturated rings. The fraction of sp³-hybridized carbons (Fsp3) is 0.353. The standard InChI is InChI=1S/C17H21N3O/c1-2-18-17(14-7-6-10-21-13-14)15-11-19-20(12-15)16-8-4-3-5-9-16/h3-5,8-9,11-13,17-18H,2,6-7,10H2,1H3. The molecular formula is C17H21N3O. The minimum Gasteiger partial charge on any atom is -0.501 e. The summed E-state index contributed by atoms with van der Waals surface area (Å²) in [5, 5.41) is 8.02. The van der Waals surface area contributed by atoms with E-state index in [1.165, 1.54) is 11.1 Å². The molecule has 0 aliphatic carbocycles. The smallest absolute Gasteiger partial charge is 0.0876 e. The molecule has 1 aromatic heterocycles. The van der Waals surface area contributed by atoms with Crippen molar-refractivity contribution in [1.29, 1.82) is 0 Å². The van der Waals surface area contributed by atoms with Gasteiger partial charge in [0.2, 0.25) is 0 Å². The van der Waals surface area contributed by atoms with Gasteiger partial charge >= 0.3 is 0 Å². The Hall–Kier alpha value is -2.07. The third-order valence-electron chi connectivity index (χ3n) is 3.70. The first-order chi connectivity index (χ1) is 10.4. The maximum absolute atomic E-state index is 5.49. The molecule has 1 N–H and O–H groups in total. The second kappa shape index (κ2) is 6.59. The van der Waals surface area contributed by atoms with Crippen molar-refractivity contribution in [2.75, 3.05) is 13.2 Å².